The Morgan fingerprint density at radius 2 is 1.92 bits per heavy atom. The summed E-state index contributed by atoms with van der Waals surface area (Å²) in [7, 11) is 0. The van der Waals surface area contributed by atoms with Crippen LogP contribution in [0.2, 0.25) is 0 Å². The number of aliphatic hydroxyl groups is 1. The standard InChI is InChI=1S/C19H16FN3O2/c20-14-7-3-4-8-16(14)23-10-9-15(22-23)19(25)21-18-13-6-2-1-5-12(13)11-17(18)24/h1-10,17-18,24H,11H2,(H,21,25)/t17-,18-/m1/s1. The zero-order valence-corrected chi connectivity index (χ0v) is 13.3. The van der Waals surface area contributed by atoms with Gasteiger partial charge in [0.15, 0.2) is 5.69 Å². The van der Waals surface area contributed by atoms with Gasteiger partial charge in [0.1, 0.15) is 11.5 Å². The number of halogens is 1. The van der Waals surface area contributed by atoms with Crippen molar-refractivity contribution in [2.75, 3.05) is 0 Å². The van der Waals surface area contributed by atoms with Crippen LogP contribution in [-0.4, -0.2) is 26.9 Å². The minimum atomic E-state index is -0.671. The molecule has 25 heavy (non-hydrogen) atoms. The van der Waals surface area contributed by atoms with Gasteiger partial charge in [0, 0.05) is 12.6 Å². The first kappa shape index (κ1) is 15.5. The maximum absolute atomic E-state index is 13.8. The van der Waals surface area contributed by atoms with E-state index in [-0.39, 0.29) is 11.4 Å². The number of aliphatic hydroxyl groups excluding tert-OH is 1. The fraction of sp³-hybridized carbons (Fsp3) is 0.158. The highest BCUT2D eigenvalue weighted by Crippen LogP contribution is 2.31. The van der Waals surface area contributed by atoms with Crippen molar-refractivity contribution in [2.45, 2.75) is 18.6 Å². The van der Waals surface area contributed by atoms with Crippen molar-refractivity contribution in [1.29, 1.82) is 0 Å². The van der Waals surface area contributed by atoms with Crippen molar-refractivity contribution in [3.63, 3.8) is 0 Å². The molecule has 1 amide bonds. The lowest BCUT2D eigenvalue weighted by molar-refractivity contribution is 0.0853. The number of hydrogen-bond donors (Lipinski definition) is 2. The Balaban J connectivity index is 1.56. The molecule has 6 heteroatoms. The van der Waals surface area contributed by atoms with E-state index in [9.17, 15) is 14.3 Å². The van der Waals surface area contributed by atoms with E-state index in [0.29, 0.717) is 6.42 Å². The molecule has 1 aliphatic carbocycles. The molecule has 0 spiro atoms. The van der Waals surface area contributed by atoms with Gasteiger partial charge in [-0.25, -0.2) is 9.07 Å². The molecule has 2 atom stereocenters. The predicted octanol–water partition coefficient (Wildman–Crippen LogP) is 2.40. The van der Waals surface area contributed by atoms with E-state index in [1.807, 2.05) is 24.3 Å². The molecule has 0 saturated heterocycles. The first-order valence-corrected chi connectivity index (χ1v) is 8.01. The fourth-order valence-corrected chi connectivity index (χ4v) is 3.18. The summed E-state index contributed by atoms with van der Waals surface area (Å²) in [6.45, 7) is 0. The molecule has 2 N–H and O–H groups in total. The third-order valence-corrected chi connectivity index (χ3v) is 4.41. The normalized spacial score (nSPS) is 18.8. The molecule has 1 aliphatic rings. The van der Waals surface area contributed by atoms with Crippen molar-refractivity contribution in [3.8, 4) is 5.69 Å². The van der Waals surface area contributed by atoms with Crippen LogP contribution < -0.4 is 5.32 Å². The molecule has 126 valence electrons. The molecule has 1 aromatic heterocycles. The highest BCUT2D eigenvalue weighted by atomic mass is 19.1. The number of carbonyl (C=O) groups is 1. The van der Waals surface area contributed by atoms with Gasteiger partial charge in [-0.05, 0) is 29.3 Å². The Hall–Kier alpha value is -2.99. The van der Waals surface area contributed by atoms with Gasteiger partial charge in [-0.1, -0.05) is 36.4 Å². The lowest BCUT2D eigenvalue weighted by atomic mass is 10.1. The van der Waals surface area contributed by atoms with Gasteiger partial charge in [0.2, 0.25) is 0 Å². The van der Waals surface area contributed by atoms with Gasteiger partial charge < -0.3 is 10.4 Å². The van der Waals surface area contributed by atoms with Crippen LogP contribution >= 0.6 is 0 Å². The topological polar surface area (TPSA) is 67.2 Å². The number of nitrogens with one attached hydrogen (secondary N) is 1. The zero-order valence-electron chi connectivity index (χ0n) is 13.3. The average Bonchev–Trinajstić information content (AvgIpc) is 3.21. The number of para-hydroxylation sites is 1. The van der Waals surface area contributed by atoms with Crippen LogP contribution in [0.1, 0.15) is 27.7 Å². The van der Waals surface area contributed by atoms with Crippen LogP contribution in [0, 0.1) is 5.82 Å². The van der Waals surface area contributed by atoms with E-state index in [1.54, 1.807) is 18.2 Å². The maximum atomic E-state index is 13.8. The minimum absolute atomic E-state index is 0.167. The van der Waals surface area contributed by atoms with E-state index in [1.165, 1.54) is 23.0 Å². The smallest absolute Gasteiger partial charge is 0.272 e. The largest absolute Gasteiger partial charge is 0.390 e. The van der Waals surface area contributed by atoms with E-state index >= 15 is 0 Å². The van der Waals surface area contributed by atoms with Crippen molar-refractivity contribution in [1.82, 2.24) is 15.1 Å². The van der Waals surface area contributed by atoms with Crippen molar-refractivity contribution >= 4 is 5.91 Å². The third kappa shape index (κ3) is 2.81. The molecule has 0 bridgehead atoms. The van der Waals surface area contributed by atoms with Crippen LogP contribution in [0.25, 0.3) is 5.69 Å². The highest BCUT2D eigenvalue weighted by Gasteiger charge is 2.32. The lowest BCUT2D eigenvalue weighted by Gasteiger charge is -2.17. The number of benzene rings is 2. The number of fused-ring (bicyclic) bond motifs is 1. The van der Waals surface area contributed by atoms with Gasteiger partial charge in [-0.15, -0.1) is 0 Å². The lowest BCUT2D eigenvalue weighted by Crippen LogP contribution is -2.34. The van der Waals surface area contributed by atoms with Gasteiger partial charge >= 0.3 is 0 Å². The number of amides is 1. The SMILES string of the molecule is O=C(N[C@@H]1c2ccccc2C[C@H]1O)c1ccn(-c2ccccc2F)n1. The molecule has 0 saturated carbocycles. The summed E-state index contributed by atoms with van der Waals surface area (Å²) < 4.78 is 15.2. The van der Waals surface area contributed by atoms with E-state index in [4.69, 9.17) is 0 Å². The maximum Gasteiger partial charge on any atom is 0.272 e. The number of nitrogens with zero attached hydrogens (tertiary/aromatic N) is 2. The molecule has 5 nitrogen and oxygen atoms in total. The van der Waals surface area contributed by atoms with Gasteiger partial charge in [0.25, 0.3) is 5.91 Å². The first-order valence-electron chi connectivity index (χ1n) is 8.01. The van der Waals surface area contributed by atoms with E-state index in [2.05, 4.69) is 10.4 Å². The zero-order chi connectivity index (χ0) is 17.4. The summed E-state index contributed by atoms with van der Waals surface area (Å²) in [5.41, 5.74) is 2.38. The molecular formula is C19H16FN3O2. The Kier molecular flexibility index (Phi) is 3.82. The number of rotatable bonds is 3. The number of hydrogen-bond acceptors (Lipinski definition) is 3. The summed E-state index contributed by atoms with van der Waals surface area (Å²) in [5.74, 6) is -0.825. The Bertz CT molecular complexity index is 938. The van der Waals surface area contributed by atoms with E-state index in [0.717, 1.165) is 11.1 Å². The van der Waals surface area contributed by atoms with Crippen LogP contribution in [0.4, 0.5) is 4.39 Å². The van der Waals surface area contributed by atoms with Crippen molar-refractivity contribution < 1.29 is 14.3 Å². The summed E-state index contributed by atoms with van der Waals surface area (Å²) in [6, 6.07) is 14.9. The summed E-state index contributed by atoms with van der Waals surface area (Å²) in [5, 5.41) is 17.2. The third-order valence-electron chi connectivity index (χ3n) is 4.41. The second-order valence-electron chi connectivity index (χ2n) is 6.02. The second-order valence-corrected chi connectivity index (χ2v) is 6.02. The molecular weight excluding hydrogens is 321 g/mol. The molecule has 0 radical (unpaired) electrons. The van der Waals surface area contributed by atoms with Crippen molar-refractivity contribution in [3.05, 3.63) is 83.4 Å². The average molecular weight is 337 g/mol. The molecule has 3 aromatic rings. The molecule has 1 heterocycles. The van der Waals surface area contributed by atoms with Crippen LogP contribution in [-0.2, 0) is 6.42 Å². The molecule has 2 aromatic carbocycles. The Labute approximate surface area is 143 Å². The van der Waals surface area contributed by atoms with E-state index < -0.39 is 23.9 Å². The quantitative estimate of drug-likeness (QED) is 0.771. The second kappa shape index (κ2) is 6.14. The first-order chi connectivity index (χ1) is 12.1. The summed E-state index contributed by atoms with van der Waals surface area (Å²) in [4.78, 5) is 12.5. The number of aromatic nitrogens is 2. The summed E-state index contributed by atoms with van der Waals surface area (Å²) in [6.07, 6.45) is 1.37. The fourth-order valence-electron chi connectivity index (χ4n) is 3.18. The van der Waals surface area contributed by atoms with Crippen LogP contribution in [0.5, 0.6) is 0 Å². The minimum Gasteiger partial charge on any atom is -0.390 e. The number of carbonyl (C=O) groups excluding carboxylic acids is 1. The predicted molar refractivity (Wildman–Crippen MR) is 89.9 cm³/mol. The molecule has 4 rings (SSSR count). The summed E-state index contributed by atoms with van der Waals surface area (Å²) >= 11 is 0. The van der Waals surface area contributed by atoms with Crippen LogP contribution in [0.3, 0.4) is 0 Å². The van der Waals surface area contributed by atoms with Crippen LogP contribution in [0.15, 0.2) is 60.8 Å². The monoisotopic (exact) mass is 337 g/mol. The van der Waals surface area contributed by atoms with Gasteiger partial charge in [0.05, 0.1) is 12.1 Å². The molecule has 0 fully saturated rings. The van der Waals surface area contributed by atoms with Gasteiger partial charge in [-0.3, -0.25) is 4.79 Å². The Morgan fingerprint density at radius 3 is 2.76 bits per heavy atom. The Morgan fingerprint density at radius 1 is 1.16 bits per heavy atom. The molecule has 0 unspecified atom stereocenters. The van der Waals surface area contributed by atoms with Crippen molar-refractivity contribution in [2.24, 2.45) is 0 Å². The molecule has 0 aliphatic heterocycles. The highest BCUT2D eigenvalue weighted by molar-refractivity contribution is 5.92. The van der Waals surface area contributed by atoms with Gasteiger partial charge in [-0.2, -0.15) is 5.10 Å².